The predicted octanol–water partition coefficient (Wildman–Crippen LogP) is 5.20. The lowest BCUT2D eigenvalue weighted by Crippen LogP contribution is -2.32. The first-order chi connectivity index (χ1) is 12.9. The summed E-state index contributed by atoms with van der Waals surface area (Å²) in [6.07, 6.45) is 2.01. The van der Waals surface area contributed by atoms with Crippen LogP contribution in [-0.2, 0) is 6.61 Å². The fraction of sp³-hybridized carbons (Fsp3) is 0.435. The topological polar surface area (TPSA) is 47.6 Å². The minimum atomic E-state index is -0.0633. The molecule has 146 valence electrons. The van der Waals surface area contributed by atoms with E-state index in [-0.39, 0.29) is 11.9 Å². The summed E-state index contributed by atoms with van der Waals surface area (Å²) in [6, 6.07) is 11.8. The third-order valence-electron chi connectivity index (χ3n) is 4.31. The Kier molecular flexibility index (Phi) is 7.71. The minimum absolute atomic E-state index is 0.0633. The van der Waals surface area contributed by atoms with Crippen molar-refractivity contribution in [2.75, 3.05) is 6.61 Å². The van der Waals surface area contributed by atoms with Crippen LogP contribution in [0.1, 0.15) is 60.7 Å². The number of hydrogen-bond acceptors (Lipinski definition) is 3. The molecule has 1 atom stereocenters. The van der Waals surface area contributed by atoms with Crippen LogP contribution < -0.4 is 14.8 Å². The normalized spacial score (nSPS) is 11.7. The lowest BCUT2D eigenvalue weighted by Gasteiger charge is -2.16. The molecule has 1 N–H and O–H groups in total. The molecule has 27 heavy (non-hydrogen) atoms. The molecular weight excluding hydrogens is 338 g/mol. The maximum absolute atomic E-state index is 12.5. The van der Waals surface area contributed by atoms with E-state index in [0.29, 0.717) is 18.8 Å². The van der Waals surface area contributed by atoms with E-state index in [1.165, 1.54) is 0 Å². The van der Waals surface area contributed by atoms with E-state index in [4.69, 9.17) is 9.47 Å². The third-order valence-corrected chi connectivity index (χ3v) is 4.31. The standard InChI is InChI=1S/C23H31NO3/c1-6-8-18(5)24-23(25)19-9-10-22(26-7-2)20(14-19)15-27-21-12-16(3)11-17(4)13-21/h9-14,18H,6-8,15H2,1-5H3,(H,24,25)/t18-/m0/s1. The smallest absolute Gasteiger partial charge is 0.251 e. The molecule has 2 rings (SSSR count). The molecule has 2 aromatic carbocycles. The largest absolute Gasteiger partial charge is 0.493 e. The van der Waals surface area contributed by atoms with Crippen molar-refractivity contribution in [3.05, 3.63) is 58.7 Å². The zero-order valence-corrected chi connectivity index (χ0v) is 17.1. The van der Waals surface area contributed by atoms with Crippen LogP contribution in [0.25, 0.3) is 0 Å². The Hall–Kier alpha value is -2.49. The van der Waals surface area contributed by atoms with Crippen molar-refractivity contribution < 1.29 is 14.3 Å². The van der Waals surface area contributed by atoms with Gasteiger partial charge in [0.2, 0.25) is 0 Å². The number of benzene rings is 2. The van der Waals surface area contributed by atoms with Crippen molar-refractivity contribution in [2.24, 2.45) is 0 Å². The fourth-order valence-electron chi connectivity index (χ4n) is 3.12. The molecule has 0 bridgehead atoms. The summed E-state index contributed by atoms with van der Waals surface area (Å²) < 4.78 is 11.7. The Morgan fingerprint density at radius 3 is 2.37 bits per heavy atom. The fourth-order valence-corrected chi connectivity index (χ4v) is 3.12. The van der Waals surface area contributed by atoms with Crippen LogP contribution in [0.4, 0.5) is 0 Å². The van der Waals surface area contributed by atoms with Crippen LogP contribution in [0.15, 0.2) is 36.4 Å². The molecule has 0 aliphatic rings. The molecule has 0 aromatic heterocycles. The van der Waals surface area contributed by atoms with Crippen LogP contribution in [-0.4, -0.2) is 18.6 Å². The number of aryl methyl sites for hydroxylation is 2. The van der Waals surface area contributed by atoms with Gasteiger partial charge in [-0.1, -0.05) is 19.4 Å². The number of nitrogens with one attached hydrogen (secondary N) is 1. The van der Waals surface area contributed by atoms with Crippen molar-refractivity contribution in [2.45, 2.75) is 60.1 Å². The van der Waals surface area contributed by atoms with Gasteiger partial charge in [-0.3, -0.25) is 4.79 Å². The summed E-state index contributed by atoms with van der Waals surface area (Å²) in [5, 5.41) is 3.04. The molecule has 0 saturated heterocycles. The molecule has 0 aliphatic carbocycles. The van der Waals surface area contributed by atoms with E-state index in [1.807, 2.05) is 52.0 Å². The van der Waals surface area contributed by atoms with Crippen molar-refractivity contribution in [3.63, 3.8) is 0 Å². The average molecular weight is 370 g/mol. The molecule has 0 heterocycles. The quantitative estimate of drug-likeness (QED) is 0.661. The summed E-state index contributed by atoms with van der Waals surface area (Å²) in [4.78, 5) is 12.5. The first kappa shape index (κ1) is 20.8. The maximum Gasteiger partial charge on any atom is 0.251 e. The van der Waals surface area contributed by atoms with Gasteiger partial charge < -0.3 is 14.8 Å². The Morgan fingerprint density at radius 2 is 1.74 bits per heavy atom. The monoisotopic (exact) mass is 369 g/mol. The Morgan fingerprint density at radius 1 is 1.04 bits per heavy atom. The molecule has 4 heteroatoms. The van der Waals surface area contributed by atoms with Gasteiger partial charge in [-0.25, -0.2) is 0 Å². The Labute approximate surface area is 162 Å². The van der Waals surface area contributed by atoms with Crippen LogP contribution in [0, 0.1) is 13.8 Å². The summed E-state index contributed by atoms with van der Waals surface area (Å²) in [6.45, 7) is 11.1. The summed E-state index contributed by atoms with van der Waals surface area (Å²) in [7, 11) is 0. The van der Waals surface area contributed by atoms with Gasteiger partial charge in [0.05, 0.1) is 6.61 Å². The Bertz CT molecular complexity index is 750. The average Bonchev–Trinajstić information content (AvgIpc) is 2.60. The van der Waals surface area contributed by atoms with Gasteiger partial charge in [0, 0.05) is 17.2 Å². The minimum Gasteiger partial charge on any atom is -0.493 e. The lowest BCUT2D eigenvalue weighted by atomic mass is 10.1. The summed E-state index contributed by atoms with van der Waals surface area (Å²) >= 11 is 0. The molecule has 0 saturated carbocycles. The number of ether oxygens (including phenoxy) is 2. The summed E-state index contributed by atoms with van der Waals surface area (Å²) in [5.41, 5.74) is 3.81. The second-order valence-corrected chi connectivity index (χ2v) is 7.03. The van der Waals surface area contributed by atoms with Crippen molar-refractivity contribution >= 4 is 5.91 Å². The van der Waals surface area contributed by atoms with E-state index in [0.717, 1.165) is 41.0 Å². The molecule has 0 fully saturated rings. The highest BCUT2D eigenvalue weighted by atomic mass is 16.5. The predicted molar refractivity (Wildman–Crippen MR) is 110 cm³/mol. The SMILES string of the molecule is CCC[C@H](C)NC(=O)c1ccc(OCC)c(COc2cc(C)cc(C)c2)c1. The molecular formula is C23H31NO3. The molecule has 1 amide bonds. The van der Waals surface area contributed by atoms with Crippen LogP contribution in [0.3, 0.4) is 0 Å². The zero-order chi connectivity index (χ0) is 19.8. The van der Waals surface area contributed by atoms with Gasteiger partial charge in [0.15, 0.2) is 0 Å². The number of carbonyl (C=O) groups excluding carboxylic acids is 1. The number of rotatable bonds is 9. The van der Waals surface area contributed by atoms with Gasteiger partial charge in [0.1, 0.15) is 18.1 Å². The van der Waals surface area contributed by atoms with Gasteiger partial charge >= 0.3 is 0 Å². The van der Waals surface area contributed by atoms with Crippen molar-refractivity contribution in [1.82, 2.24) is 5.32 Å². The summed E-state index contributed by atoms with van der Waals surface area (Å²) in [5.74, 6) is 1.51. The van der Waals surface area contributed by atoms with Crippen molar-refractivity contribution in [3.8, 4) is 11.5 Å². The van der Waals surface area contributed by atoms with Crippen LogP contribution in [0.5, 0.6) is 11.5 Å². The molecule has 0 aliphatic heterocycles. The zero-order valence-electron chi connectivity index (χ0n) is 17.1. The number of carbonyl (C=O) groups is 1. The van der Waals surface area contributed by atoms with Crippen LogP contribution >= 0.6 is 0 Å². The number of amides is 1. The first-order valence-electron chi connectivity index (χ1n) is 9.70. The molecule has 0 radical (unpaired) electrons. The highest BCUT2D eigenvalue weighted by molar-refractivity contribution is 5.94. The second-order valence-electron chi connectivity index (χ2n) is 7.03. The molecule has 0 unspecified atom stereocenters. The third kappa shape index (κ3) is 6.31. The Balaban J connectivity index is 2.17. The van der Waals surface area contributed by atoms with E-state index >= 15 is 0 Å². The first-order valence-corrected chi connectivity index (χ1v) is 9.70. The van der Waals surface area contributed by atoms with Crippen LogP contribution in [0.2, 0.25) is 0 Å². The molecule has 4 nitrogen and oxygen atoms in total. The van der Waals surface area contributed by atoms with Crippen molar-refractivity contribution in [1.29, 1.82) is 0 Å². The maximum atomic E-state index is 12.5. The van der Waals surface area contributed by atoms with E-state index in [2.05, 4.69) is 18.3 Å². The van der Waals surface area contributed by atoms with E-state index < -0.39 is 0 Å². The van der Waals surface area contributed by atoms with E-state index in [9.17, 15) is 4.79 Å². The van der Waals surface area contributed by atoms with Gasteiger partial charge in [0.25, 0.3) is 5.91 Å². The van der Waals surface area contributed by atoms with Gasteiger partial charge in [-0.15, -0.1) is 0 Å². The lowest BCUT2D eigenvalue weighted by molar-refractivity contribution is 0.0938. The highest BCUT2D eigenvalue weighted by Crippen LogP contribution is 2.24. The molecule has 2 aromatic rings. The highest BCUT2D eigenvalue weighted by Gasteiger charge is 2.13. The van der Waals surface area contributed by atoms with E-state index in [1.54, 1.807) is 6.07 Å². The van der Waals surface area contributed by atoms with Gasteiger partial charge in [-0.05, 0) is 75.6 Å². The molecule has 0 spiro atoms. The second kappa shape index (κ2) is 10.0. The number of hydrogen-bond donors (Lipinski definition) is 1. The van der Waals surface area contributed by atoms with Gasteiger partial charge in [-0.2, -0.15) is 0 Å².